The van der Waals surface area contributed by atoms with Crippen molar-refractivity contribution in [1.82, 2.24) is 14.5 Å². The molecule has 5 rings (SSSR count). The second-order valence-corrected chi connectivity index (χ2v) is 7.36. The molecule has 7 nitrogen and oxygen atoms in total. The Hall–Kier alpha value is -2.70. The Balaban J connectivity index is 1.39. The first-order valence-electron chi connectivity index (χ1n) is 9.26. The molecule has 0 N–H and O–H groups in total. The lowest BCUT2D eigenvalue weighted by atomic mass is 9.81. The van der Waals surface area contributed by atoms with Gasteiger partial charge >= 0.3 is 0 Å². The van der Waals surface area contributed by atoms with Crippen molar-refractivity contribution in [2.24, 2.45) is 11.8 Å². The topological polar surface area (TPSA) is 75.5 Å². The van der Waals surface area contributed by atoms with E-state index >= 15 is 0 Å². The molecule has 0 unspecified atom stereocenters. The number of carbonyl (C=O) groups is 3. The number of carbonyl (C=O) groups excluding carboxylic acids is 3. The molecule has 0 spiro atoms. The van der Waals surface area contributed by atoms with Crippen LogP contribution in [0, 0.1) is 11.8 Å². The van der Waals surface area contributed by atoms with Crippen molar-refractivity contribution in [3.8, 4) is 0 Å². The van der Waals surface area contributed by atoms with Gasteiger partial charge in [-0.2, -0.15) is 0 Å². The number of hydrogen-bond donors (Lipinski definition) is 0. The largest absolute Gasteiger partial charge is 0.308 e. The number of imidazole rings is 1. The van der Waals surface area contributed by atoms with Crippen LogP contribution in [-0.2, 0) is 20.9 Å². The fraction of sp³-hybridized carbons (Fsp3) is 0.474. The van der Waals surface area contributed by atoms with Gasteiger partial charge in [0.2, 0.25) is 23.7 Å². The van der Waals surface area contributed by atoms with Gasteiger partial charge in [0.25, 0.3) is 0 Å². The molecule has 7 heteroatoms. The molecule has 26 heavy (non-hydrogen) atoms. The molecular weight excluding hydrogens is 332 g/mol. The average molecular weight is 352 g/mol. The standard InChI is InChI=1S/C19H20N4O3/c24-16(11-23-17(25)12-5-1-2-6-13(12)18(23)26)22-10-9-21-15-8-4-3-7-14(15)20-19(21)22/h3-4,7-8,12-13H,1-2,5-6,9-11H2/t12-,13+. The first-order chi connectivity index (χ1) is 12.6. The zero-order chi connectivity index (χ0) is 17.8. The van der Waals surface area contributed by atoms with Gasteiger partial charge in [-0.25, -0.2) is 4.98 Å². The number of benzene rings is 1. The summed E-state index contributed by atoms with van der Waals surface area (Å²) in [5, 5.41) is 0. The van der Waals surface area contributed by atoms with Crippen LogP contribution in [0.3, 0.4) is 0 Å². The Bertz CT molecular complexity index is 910. The average Bonchev–Trinajstić information content (AvgIpc) is 3.29. The van der Waals surface area contributed by atoms with Crippen LogP contribution in [0.2, 0.25) is 0 Å². The molecule has 1 aromatic carbocycles. The van der Waals surface area contributed by atoms with E-state index in [1.54, 1.807) is 4.90 Å². The Morgan fingerprint density at radius 2 is 1.73 bits per heavy atom. The molecule has 1 saturated heterocycles. The molecule has 1 aliphatic carbocycles. The van der Waals surface area contributed by atoms with Crippen LogP contribution in [-0.4, -0.2) is 45.3 Å². The summed E-state index contributed by atoms with van der Waals surface area (Å²) >= 11 is 0. The minimum absolute atomic E-state index is 0.166. The van der Waals surface area contributed by atoms with Crippen LogP contribution in [0.4, 0.5) is 5.95 Å². The summed E-state index contributed by atoms with van der Waals surface area (Å²) in [5.74, 6) is -0.395. The van der Waals surface area contributed by atoms with Crippen LogP contribution in [0.1, 0.15) is 25.7 Å². The predicted molar refractivity (Wildman–Crippen MR) is 94.3 cm³/mol. The van der Waals surface area contributed by atoms with Crippen LogP contribution < -0.4 is 4.90 Å². The molecule has 3 aliphatic rings. The summed E-state index contributed by atoms with van der Waals surface area (Å²) < 4.78 is 2.01. The molecule has 2 atom stereocenters. The third kappa shape index (κ3) is 2.12. The fourth-order valence-electron chi connectivity index (χ4n) is 4.63. The van der Waals surface area contributed by atoms with Crippen LogP contribution in [0.25, 0.3) is 11.0 Å². The number of imide groups is 1. The number of amides is 3. The van der Waals surface area contributed by atoms with E-state index in [9.17, 15) is 14.4 Å². The summed E-state index contributed by atoms with van der Waals surface area (Å²) in [6.07, 6.45) is 3.50. The van der Waals surface area contributed by atoms with Gasteiger partial charge in [0, 0.05) is 13.1 Å². The number of anilines is 1. The third-order valence-corrected chi connectivity index (χ3v) is 5.95. The minimum Gasteiger partial charge on any atom is -0.308 e. The molecule has 0 radical (unpaired) electrons. The predicted octanol–water partition coefficient (Wildman–Crippen LogP) is 1.56. The highest BCUT2D eigenvalue weighted by atomic mass is 16.2. The SMILES string of the molecule is O=C1[C@H]2CCCC[C@H]2C(=O)N1CC(=O)N1CCn2c1nc1ccccc12. The number of fused-ring (bicyclic) bond motifs is 4. The maximum atomic E-state index is 12.9. The Kier molecular flexibility index (Phi) is 3.38. The summed E-state index contributed by atoms with van der Waals surface area (Å²) in [4.78, 5) is 45.4. The molecule has 3 heterocycles. The monoisotopic (exact) mass is 352 g/mol. The van der Waals surface area contributed by atoms with Gasteiger partial charge in [-0.15, -0.1) is 0 Å². The van der Waals surface area contributed by atoms with Gasteiger partial charge < -0.3 is 4.57 Å². The molecule has 0 bridgehead atoms. The second kappa shape index (κ2) is 5.65. The highest BCUT2D eigenvalue weighted by molar-refractivity contribution is 6.09. The van der Waals surface area contributed by atoms with Crippen LogP contribution in [0.15, 0.2) is 24.3 Å². The Morgan fingerprint density at radius 3 is 2.46 bits per heavy atom. The van der Waals surface area contributed by atoms with Gasteiger partial charge in [0.15, 0.2) is 0 Å². The van der Waals surface area contributed by atoms with E-state index in [1.165, 1.54) is 4.90 Å². The van der Waals surface area contributed by atoms with Crippen molar-refractivity contribution in [2.75, 3.05) is 18.0 Å². The highest BCUT2D eigenvalue weighted by Crippen LogP contribution is 2.38. The number of nitrogens with zero attached hydrogens (tertiary/aromatic N) is 4. The van der Waals surface area contributed by atoms with Gasteiger partial charge in [-0.3, -0.25) is 24.2 Å². The second-order valence-electron chi connectivity index (χ2n) is 7.36. The third-order valence-electron chi connectivity index (χ3n) is 5.95. The van der Waals surface area contributed by atoms with Crippen LogP contribution >= 0.6 is 0 Å². The summed E-state index contributed by atoms with van der Waals surface area (Å²) in [5.41, 5.74) is 1.84. The van der Waals surface area contributed by atoms with E-state index in [-0.39, 0.29) is 36.1 Å². The smallest absolute Gasteiger partial charge is 0.249 e. The van der Waals surface area contributed by atoms with Gasteiger partial charge in [-0.1, -0.05) is 25.0 Å². The zero-order valence-corrected chi connectivity index (χ0v) is 14.4. The maximum Gasteiger partial charge on any atom is 0.249 e. The normalized spacial score (nSPS) is 25.1. The van der Waals surface area contributed by atoms with Gasteiger partial charge in [0.1, 0.15) is 6.54 Å². The number of para-hydroxylation sites is 2. The molecule has 3 amide bonds. The van der Waals surface area contributed by atoms with Crippen molar-refractivity contribution in [3.63, 3.8) is 0 Å². The quantitative estimate of drug-likeness (QED) is 0.769. The lowest BCUT2D eigenvalue weighted by Crippen LogP contribution is -2.43. The van der Waals surface area contributed by atoms with E-state index in [4.69, 9.17) is 0 Å². The first-order valence-corrected chi connectivity index (χ1v) is 9.26. The highest BCUT2D eigenvalue weighted by Gasteiger charge is 2.49. The van der Waals surface area contributed by atoms with E-state index in [0.717, 1.165) is 36.7 Å². The number of aromatic nitrogens is 2. The summed E-state index contributed by atoms with van der Waals surface area (Å²) in [7, 11) is 0. The molecule has 1 aromatic heterocycles. The number of likely N-dealkylation sites (tertiary alicyclic amines) is 1. The van der Waals surface area contributed by atoms with E-state index in [2.05, 4.69) is 4.98 Å². The summed E-state index contributed by atoms with van der Waals surface area (Å²) in [6.45, 7) is 1.03. The lowest BCUT2D eigenvalue weighted by Gasteiger charge is -2.19. The lowest BCUT2D eigenvalue weighted by molar-refractivity contribution is -0.143. The Morgan fingerprint density at radius 1 is 1.04 bits per heavy atom. The molecule has 1 saturated carbocycles. The minimum atomic E-state index is -0.237. The zero-order valence-electron chi connectivity index (χ0n) is 14.4. The van der Waals surface area contributed by atoms with Crippen LogP contribution in [0.5, 0.6) is 0 Å². The molecular formula is C19H20N4O3. The van der Waals surface area contributed by atoms with E-state index in [0.29, 0.717) is 19.0 Å². The number of rotatable bonds is 2. The molecule has 2 aliphatic heterocycles. The number of hydrogen-bond acceptors (Lipinski definition) is 4. The first kappa shape index (κ1) is 15.5. The van der Waals surface area contributed by atoms with Crippen molar-refractivity contribution in [2.45, 2.75) is 32.2 Å². The molecule has 2 fully saturated rings. The maximum absolute atomic E-state index is 12.9. The molecule has 134 valence electrons. The fourth-order valence-corrected chi connectivity index (χ4v) is 4.63. The van der Waals surface area contributed by atoms with Gasteiger partial charge in [-0.05, 0) is 25.0 Å². The van der Waals surface area contributed by atoms with E-state index < -0.39 is 0 Å². The van der Waals surface area contributed by atoms with Gasteiger partial charge in [0.05, 0.1) is 22.9 Å². The van der Waals surface area contributed by atoms with Crippen molar-refractivity contribution >= 4 is 34.7 Å². The van der Waals surface area contributed by atoms with Crippen molar-refractivity contribution in [3.05, 3.63) is 24.3 Å². The van der Waals surface area contributed by atoms with Crippen molar-refractivity contribution in [1.29, 1.82) is 0 Å². The molecule has 2 aromatic rings. The van der Waals surface area contributed by atoms with Crippen molar-refractivity contribution < 1.29 is 14.4 Å². The Labute approximate surface area is 150 Å². The summed E-state index contributed by atoms with van der Waals surface area (Å²) in [6, 6.07) is 7.77. The van der Waals surface area contributed by atoms with E-state index in [1.807, 2.05) is 28.8 Å².